The maximum absolute atomic E-state index is 14.5. The van der Waals surface area contributed by atoms with Crippen LogP contribution in [0.2, 0.25) is 0 Å². The van der Waals surface area contributed by atoms with E-state index in [4.69, 9.17) is 4.74 Å². The molecule has 1 saturated carbocycles. The second kappa shape index (κ2) is 8.13. The van der Waals surface area contributed by atoms with Crippen LogP contribution in [0.1, 0.15) is 45.1 Å². The smallest absolute Gasteiger partial charge is 0.320 e. The summed E-state index contributed by atoms with van der Waals surface area (Å²) < 4.78 is 20.0. The highest BCUT2D eigenvalue weighted by atomic mass is 19.1. The molecular weight excluding hydrogens is 369 g/mol. The average Bonchev–Trinajstić information content (AvgIpc) is 3.43. The van der Waals surface area contributed by atoms with E-state index in [-0.39, 0.29) is 17.3 Å². The lowest BCUT2D eigenvalue weighted by Crippen LogP contribution is -2.58. The largest absolute Gasteiger partial charge is 0.490 e. The number of likely N-dealkylation sites (tertiary alicyclic amines) is 1. The molecule has 1 aromatic rings. The highest BCUT2D eigenvalue weighted by Crippen LogP contribution is 2.50. The Morgan fingerprint density at radius 3 is 2.55 bits per heavy atom. The highest BCUT2D eigenvalue weighted by molar-refractivity contribution is 5.76. The molecule has 1 spiro atoms. The van der Waals surface area contributed by atoms with Gasteiger partial charge in [-0.3, -0.25) is 0 Å². The van der Waals surface area contributed by atoms with E-state index in [0.29, 0.717) is 30.9 Å². The Balaban J connectivity index is 1.45. The van der Waals surface area contributed by atoms with Crippen LogP contribution in [-0.4, -0.2) is 66.6 Å². The summed E-state index contributed by atoms with van der Waals surface area (Å²) in [6.07, 6.45) is 4.47. The molecule has 2 aliphatic heterocycles. The lowest BCUT2D eigenvalue weighted by molar-refractivity contribution is 0.0521. The van der Waals surface area contributed by atoms with Crippen LogP contribution in [0.4, 0.5) is 9.18 Å². The molecule has 0 unspecified atom stereocenters. The van der Waals surface area contributed by atoms with Crippen LogP contribution >= 0.6 is 0 Å². The van der Waals surface area contributed by atoms with Gasteiger partial charge < -0.3 is 19.4 Å². The van der Waals surface area contributed by atoms with Gasteiger partial charge in [0, 0.05) is 31.1 Å². The molecule has 2 heterocycles. The van der Waals surface area contributed by atoms with Crippen molar-refractivity contribution in [1.82, 2.24) is 14.7 Å². The fourth-order valence-corrected chi connectivity index (χ4v) is 4.58. The summed E-state index contributed by atoms with van der Waals surface area (Å²) in [6, 6.07) is 5.57. The number of nitrogens with zero attached hydrogens (tertiary/aromatic N) is 3. The number of amides is 2. The molecule has 29 heavy (non-hydrogen) atoms. The zero-order valence-corrected chi connectivity index (χ0v) is 18.0. The van der Waals surface area contributed by atoms with Crippen molar-refractivity contribution in [2.24, 2.45) is 11.3 Å². The molecule has 5 nitrogen and oxygen atoms in total. The second-order valence-corrected chi connectivity index (χ2v) is 9.77. The van der Waals surface area contributed by atoms with Crippen LogP contribution < -0.4 is 4.74 Å². The van der Waals surface area contributed by atoms with Crippen LogP contribution in [0.25, 0.3) is 0 Å². The maximum atomic E-state index is 14.5. The van der Waals surface area contributed by atoms with Crippen LogP contribution in [0.3, 0.4) is 0 Å². The number of hydrogen-bond donors (Lipinski definition) is 0. The zero-order valence-electron chi connectivity index (χ0n) is 18.0. The molecule has 3 fully saturated rings. The van der Waals surface area contributed by atoms with Crippen molar-refractivity contribution < 1.29 is 13.9 Å². The van der Waals surface area contributed by atoms with Gasteiger partial charge in [-0.25, -0.2) is 9.18 Å². The van der Waals surface area contributed by atoms with Gasteiger partial charge in [0.1, 0.15) is 0 Å². The third-order valence-corrected chi connectivity index (χ3v) is 6.58. The van der Waals surface area contributed by atoms with Crippen molar-refractivity contribution in [1.29, 1.82) is 0 Å². The summed E-state index contributed by atoms with van der Waals surface area (Å²) in [7, 11) is 2.14. The molecule has 2 amide bonds. The van der Waals surface area contributed by atoms with E-state index in [1.54, 1.807) is 6.07 Å². The van der Waals surface area contributed by atoms with Gasteiger partial charge in [-0.2, -0.15) is 0 Å². The molecule has 3 aliphatic rings. The standard InChI is InChI=1S/C23H34FN3O2/c1-17(2)14-29-21-5-4-18(12-20(21)24)13-26-15-23(8-9-23)16-27(22(26)28)19-6-10-25(3)11-7-19/h4-5,12,17,19H,6-11,13-16H2,1-3H3. The van der Waals surface area contributed by atoms with Gasteiger partial charge >= 0.3 is 6.03 Å². The SMILES string of the molecule is CC(C)COc1ccc(CN2CC3(CC3)CN(C3CCN(C)CC3)C2=O)cc1F. The fraction of sp³-hybridized carbons (Fsp3) is 0.696. The highest BCUT2D eigenvalue weighted by Gasteiger charge is 2.52. The summed E-state index contributed by atoms with van der Waals surface area (Å²) in [4.78, 5) is 19.7. The lowest BCUT2D eigenvalue weighted by Gasteiger charge is -2.46. The summed E-state index contributed by atoms with van der Waals surface area (Å²) in [5.74, 6) is 0.292. The molecule has 0 N–H and O–H groups in total. The van der Waals surface area contributed by atoms with E-state index in [2.05, 4.69) is 16.8 Å². The van der Waals surface area contributed by atoms with Crippen LogP contribution in [-0.2, 0) is 6.54 Å². The van der Waals surface area contributed by atoms with Gasteiger partial charge in [0.15, 0.2) is 11.6 Å². The number of ether oxygens (including phenoxy) is 1. The molecule has 1 aliphatic carbocycles. The van der Waals surface area contributed by atoms with E-state index < -0.39 is 0 Å². The predicted octanol–water partition coefficient (Wildman–Crippen LogP) is 3.97. The van der Waals surface area contributed by atoms with Crippen LogP contribution in [0.15, 0.2) is 18.2 Å². The summed E-state index contributed by atoms with van der Waals surface area (Å²) >= 11 is 0. The molecule has 6 heteroatoms. The minimum absolute atomic E-state index is 0.123. The van der Waals surface area contributed by atoms with E-state index in [1.807, 2.05) is 24.8 Å². The first-order chi connectivity index (χ1) is 13.8. The Morgan fingerprint density at radius 1 is 1.21 bits per heavy atom. The number of halogens is 1. The van der Waals surface area contributed by atoms with E-state index in [9.17, 15) is 9.18 Å². The van der Waals surface area contributed by atoms with Gasteiger partial charge in [0.05, 0.1) is 6.61 Å². The molecule has 1 aromatic carbocycles. The minimum atomic E-state index is -0.346. The van der Waals surface area contributed by atoms with Crippen molar-refractivity contribution >= 4 is 6.03 Å². The molecular formula is C23H34FN3O2. The maximum Gasteiger partial charge on any atom is 0.320 e. The quantitative estimate of drug-likeness (QED) is 0.721. The average molecular weight is 404 g/mol. The van der Waals surface area contributed by atoms with Crippen LogP contribution in [0, 0.1) is 17.2 Å². The van der Waals surface area contributed by atoms with Crippen molar-refractivity contribution in [2.75, 3.05) is 39.8 Å². The monoisotopic (exact) mass is 403 g/mol. The number of urea groups is 1. The number of rotatable bonds is 6. The Morgan fingerprint density at radius 2 is 1.93 bits per heavy atom. The van der Waals surface area contributed by atoms with E-state index in [0.717, 1.165) is 44.6 Å². The van der Waals surface area contributed by atoms with Gasteiger partial charge in [0.25, 0.3) is 0 Å². The number of benzene rings is 1. The first kappa shape index (κ1) is 20.5. The van der Waals surface area contributed by atoms with Crippen molar-refractivity contribution in [3.63, 3.8) is 0 Å². The minimum Gasteiger partial charge on any atom is -0.490 e. The Kier molecular flexibility index (Phi) is 5.74. The van der Waals surface area contributed by atoms with Crippen LogP contribution in [0.5, 0.6) is 5.75 Å². The summed E-state index contributed by atoms with van der Waals surface area (Å²) in [6.45, 7) is 8.82. The van der Waals surface area contributed by atoms with E-state index >= 15 is 0 Å². The first-order valence-electron chi connectivity index (χ1n) is 11.0. The number of carbonyl (C=O) groups excluding carboxylic acids is 1. The molecule has 0 radical (unpaired) electrons. The van der Waals surface area contributed by atoms with Crippen molar-refractivity contribution in [3.05, 3.63) is 29.6 Å². The summed E-state index contributed by atoms with van der Waals surface area (Å²) in [5, 5.41) is 0. The van der Waals surface area contributed by atoms with Crippen molar-refractivity contribution in [2.45, 2.75) is 52.1 Å². The molecule has 2 saturated heterocycles. The first-order valence-corrected chi connectivity index (χ1v) is 11.0. The van der Waals surface area contributed by atoms with Gasteiger partial charge in [-0.15, -0.1) is 0 Å². The molecule has 0 atom stereocenters. The lowest BCUT2D eigenvalue weighted by atomic mass is 9.97. The molecule has 160 valence electrons. The Hall–Kier alpha value is -1.82. The van der Waals surface area contributed by atoms with Gasteiger partial charge in [-0.1, -0.05) is 19.9 Å². The fourth-order valence-electron chi connectivity index (χ4n) is 4.58. The summed E-state index contributed by atoms with van der Waals surface area (Å²) in [5.41, 5.74) is 1.09. The third-order valence-electron chi connectivity index (χ3n) is 6.58. The number of piperidine rings is 1. The molecule has 0 aromatic heterocycles. The topological polar surface area (TPSA) is 36.0 Å². The van der Waals surface area contributed by atoms with E-state index in [1.165, 1.54) is 18.9 Å². The zero-order chi connectivity index (χ0) is 20.6. The van der Waals surface area contributed by atoms with Gasteiger partial charge in [-0.05, 0) is 69.4 Å². The third kappa shape index (κ3) is 4.68. The Bertz CT molecular complexity index is 742. The number of carbonyl (C=O) groups is 1. The molecule has 0 bridgehead atoms. The van der Waals surface area contributed by atoms with Crippen molar-refractivity contribution in [3.8, 4) is 5.75 Å². The Labute approximate surface area is 173 Å². The normalized spacial score (nSPS) is 22.6. The number of hydrogen-bond acceptors (Lipinski definition) is 3. The molecule has 4 rings (SSSR count). The predicted molar refractivity (Wildman–Crippen MR) is 111 cm³/mol. The van der Waals surface area contributed by atoms with Gasteiger partial charge in [0.2, 0.25) is 0 Å². The second-order valence-electron chi connectivity index (χ2n) is 9.77.